The summed E-state index contributed by atoms with van der Waals surface area (Å²) < 4.78 is 43.8. The van der Waals surface area contributed by atoms with Crippen molar-refractivity contribution in [3.63, 3.8) is 0 Å². The predicted octanol–water partition coefficient (Wildman–Crippen LogP) is 3.98. The quantitative estimate of drug-likeness (QED) is 0.676. The van der Waals surface area contributed by atoms with Crippen LogP contribution in [0.4, 0.5) is 13.2 Å². The molecule has 0 unspecified atom stereocenters. The first-order valence-corrected chi connectivity index (χ1v) is 9.13. The van der Waals surface area contributed by atoms with Crippen LogP contribution in [-0.4, -0.2) is 47.1 Å². The van der Waals surface area contributed by atoms with E-state index in [-0.39, 0.29) is 5.91 Å². The number of nitrogens with one attached hydrogen (secondary N) is 1. The lowest BCUT2D eigenvalue weighted by atomic mass is 10.1. The fraction of sp³-hybridized carbons (Fsp3) is 0.238. The first kappa shape index (κ1) is 19.2. The minimum atomic E-state index is -4.41. The van der Waals surface area contributed by atoms with Gasteiger partial charge in [0.25, 0.3) is 5.91 Å². The lowest BCUT2D eigenvalue weighted by molar-refractivity contribution is -0.137. The van der Waals surface area contributed by atoms with Crippen molar-refractivity contribution in [1.82, 2.24) is 14.9 Å². The molecule has 29 heavy (non-hydrogen) atoms. The molecule has 0 radical (unpaired) electrons. The molecule has 1 amide bonds. The number of nitrogens with zero attached hydrogens (tertiary/aromatic N) is 2. The highest BCUT2D eigenvalue weighted by molar-refractivity contribution is 6.23. The second-order valence-electron chi connectivity index (χ2n) is 6.68. The molecule has 0 atom stereocenters. The van der Waals surface area contributed by atoms with Gasteiger partial charge in [-0.2, -0.15) is 13.2 Å². The maximum absolute atomic E-state index is 13.2. The SMILES string of the molecule is O=C(C(=Cc1ccc(C(F)(F)F)cc1)c1nc2ccccc2[nH]1)N1CCOCC1. The second-order valence-corrected chi connectivity index (χ2v) is 6.68. The van der Waals surface area contributed by atoms with Crippen molar-refractivity contribution >= 4 is 28.6 Å². The molecule has 1 aliphatic heterocycles. The van der Waals surface area contributed by atoms with Crippen molar-refractivity contribution in [3.05, 3.63) is 65.5 Å². The van der Waals surface area contributed by atoms with Gasteiger partial charge in [0.1, 0.15) is 5.82 Å². The number of amides is 1. The number of ether oxygens (including phenoxy) is 1. The predicted molar refractivity (Wildman–Crippen MR) is 103 cm³/mol. The normalized spacial score (nSPS) is 15.7. The van der Waals surface area contributed by atoms with E-state index in [2.05, 4.69) is 9.97 Å². The summed E-state index contributed by atoms with van der Waals surface area (Å²) in [7, 11) is 0. The lowest BCUT2D eigenvalue weighted by Crippen LogP contribution is -2.41. The van der Waals surface area contributed by atoms with Crippen molar-refractivity contribution in [2.24, 2.45) is 0 Å². The average molecular weight is 401 g/mol. The van der Waals surface area contributed by atoms with Crippen molar-refractivity contribution in [3.8, 4) is 0 Å². The highest BCUT2D eigenvalue weighted by Gasteiger charge is 2.30. The van der Waals surface area contributed by atoms with Crippen molar-refractivity contribution in [1.29, 1.82) is 0 Å². The number of benzene rings is 2. The molecule has 5 nitrogen and oxygen atoms in total. The Bertz CT molecular complexity index is 1020. The lowest BCUT2D eigenvalue weighted by Gasteiger charge is -2.27. The second kappa shape index (κ2) is 7.71. The zero-order valence-corrected chi connectivity index (χ0v) is 15.4. The van der Waals surface area contributed by atoms with Crippen LogP contribution in [0.15, 0.2) is 48.5 Å². The molecule has 150 valence electrons. The van der Waals surface area contributed by atoms with Crippen molar-refractivity contribution in [2.75, 3.05) is 26.3 Å². The highest BCUT2D eigenvalue weighted by Crippen LogP contribution is 2.30. The molecule has 1 aliphatic rings. The minimum absolute atomic E-state index is 0.243. The molecular weight excluding hydrogens is 383 g/mol. The number of H-pyrrole nitrogens is 1. The molecule has 1 fully saturated rings. The van der Waals surface area contributed by atoms with Gasteiger partial charge in [0.15, 0.2) is 0 Å². The van der Waals surface area contributed by atoms with Crippen LogP contribution in [0.2, 0.25) is 0 Å². The maximum Gasteiger partial charge on any atom is 0.416 e. The van der Waals surface area contributed by atoms with Crippen LogP contribution < -0.4 is 0 Å². The number of alkyl halides is 3. The van der Waals surface area contributed by atoms with Gasteiger partial charge in [0.2, 0.25) is 0 Å². The van der Waals surface area contributed by atoms with Gasteiger partial charge < -0.3 is 14.6 Å². The van der Waals surface area contributed by atoms with E-state index in [0.29, 0.717) is 48.8 Å². The largest absolute Gasteiger partial charge is 0.416 e. The molecule has 8 heteroatoms. The molecule has 1 saturated heterocycles. The fourth-order valence-corrected chi connectivity index (χ4v) is 3.18. The third-order valence-electron chi connectivity index (χ3n) is 4.72. The summed E-state index contributed by atoms with van der Waals surface area (Å²) >= 11 is 0. The van der Waals surface area contributed by atoms with E-state index in [9.17, 15) is 18.0 Å². The molecule has 1 N–H and O–H groups in total. The van der Waals surface area contributed by atoms with Crippen LogP contribution in [-0.2, 0) is 15.7 Å². The van der Waals surface area contributed by atoms with Gasteiger partial charge in [-0.15, -0.1) is 0 Å². The Morgan fingerprint density at radius 2 is 1.76 bits per heavy atom. The average Bonchev–Trinajstić information content (AvgIpc) is 3.16. The van der Waals surface area contributed by atoms with Crippen LogP contribution >= 0.6 is 0 Å². The Kier molecular flexibility index (Phi) is 5.10. The number of aromatic amines is 1. The zero-order chi connectivity index (χ0) is 20.4. The number of halogens is 3. The van der Waals surface area contributed by atoms with E-state index in [1.165, 1.54) is 12.1 Å². The Morgan fingerprint density at radius 1 is 1.07 bits per heavy atom. The summed E-state index contributed by atoms with van der Waals surface area (Å²) in [4.78, 5) is 22.5. The molecule has 0 spiro atoms. The molecule has 0 aliphatic carbocycles. The summed E-state index contributed by atoms with van der Waals surface area (Å²) in [5, 5.41) is 0. The summed E-state index contributed by atoms with van der Waals surface area (Å²) in [5.74, 6) is 0.134. The first-order valence-electron chi connectivity index (χ1n) is 9.13. The highest BCUT2D eigenvalue weighted by atomic mass is 19.4. The Labute approximate surface area is 164 Å². The molecule has 3 aromatic rings. The van der Waals surface area contributed by atoms with E-state index < -0.39 is 11.7 Å². The molecular formula is C21H18F3N3O2. The Morgan fingerprint density at radius 3 is 2.41 bits per heavy atom. The molecule has 2 heterocycles. The van der Waals surface area contributed by atoms with E-state index in [0.717, 1.165) is 17.6 Å². The fourth-order valence-electron chi connectivity index (χ4n) is 3.18. The number of morpholine rings is 1. The standard InChI is InChI=1S/C21H18F3N3O2/c22-21(23,24)15-7-5-14(6-8-15)13-16(20(28)27-9-11-29-12-10-27)19-25-17-3-1-2-4-18(17)26-19/h1-8,13H,9-12H2,(H,25,26). The molecule has 4 rings (SSSR count). The zero-order valence-electron chi connectivity index (χ0n) is 15.4. The van der Waals surface area contributed by atoms with Crippen LogP contribution in [0.5, 0.6) is 0 Å². The van der Waals surface area contributed by atoms with Gasteiger partial charge in [-0.05, 0) is 35.9 Å². The van der Waals surface area contributed by atoms with Gasteiger partial charge in [0.05, 0.1) is 35.4 Å². The maximum atomic E-state index is 13.2. The summed E-state index contributed by atoms with van der Waals surface area (Å²) in [6, 6.07) is 12.1. The third kappa shape index (κ3) is 4.17. The van der Waals surface area contributed by atoms with E-state index in [1.54, 1.807) is 11.0 Å². The monoisotopic (exact) mass is 401 g/mol. The smallest absolute Gasteiger partial charge is 0.378 e. The van der Waals surface area contributed by atoms with Crippen LogP contribution in [0.3, 0.4) is 0 Å². The van der Waals surface area contributed by atoms with E-state index in [4.69, 9.17) is 4.74 Å². The van der Waals surface area contributed by atoms with Crippen molar-refractivity contribution < 1.29 is 22.7 Å². The van der Waals surface area contributed by atoms with E-state index >= 15 is 0 Å². The van der Waals surface area contributed by atoms with Gasteiger partial charge in [-0.25, -0.2) is 4.98 Å². The van der Waals surface area contributed by atoms with Crippen molar-refractivity contribution in [2.45, 2.75) is 6.18 Å². The van der Waals surface area contributed by atoms with Crippen LogP contribution in [0.1, 0.15) is 17.0 Å². The molecule has 0 bridgehead atoms. The Hall–Kier alpha value is -3.13. The van der Waals surface area contributed by atoms with Crippen LogP contribution in [0.25, 0.3) is 22.7 Å². The molecule has 0 saturated carbocycles. The first-order chi connectivity index (χ1) is 13.9. The number of aromatic nitrogens is 2. The molecule has 2 aromatic carbocycles. The summed E-state index contributed by atoms with van der Waals surface area (Å²) in [5.41, 5.74) is 1.52. The van der Waals surface area contributed by atoms with Gasteiger partial charge in [-0.3, -0.25) is 4.79 Å². The summed E-state index contributed by atoms with van der Waals surface area (Å²) in [6.45, 7) is 1.78. The number of fused-ring (bicyclic) bond motifs is 1. The number of carbonyl (C=O) groups is 1. The number of imidazole rings is 1. The number of rotatable bonds is 3. The Balaban J connectivity index is 1.74. The van der Waals surface area contributed by atoms with Gasteiger partial charge in [-0.1, -0.05) is 24.3 Å². The molecule has 1 aromatic heterocycles. The van der Waals surface area contributed by atoms with Gasteiger partial charge in [0, 0.05) is 13.1 Å². The van der Waals surface area contributed by atoms with Gasteiger partial charge >= 0.3 is 6.18 Å². The topological polar surface area (TPSA) is 58.2 Å². The minimum Gasteiger partial charge on any atom is -0.378 e. The number of carbonyl (C=O) groups excluding carboxylic acids is 1. The number of hydrogen-bond donors (Lipinski definition) is 1. The third-order valence-corrected chi connectivity index (χ3v) is 4.72. The number of para-hydroxylation sites is 2. The van der Waals surface area contributed by atoms with E-state index in [1.807, 2.05) is 24.3 Å². The van der Waals surface area contributed by atoms with Crippen LogP contribution in [0, 0.1) is 0 Å². The summed E-state index contributed by atoms with van der Waals surface area (Å²) in [6.07, 6.45) is -2.84. The number of hydrogen-bond acceptors (Lipinski definition) is 3.